The number of rotatable bonds is 8. The number of fused-ring (bicyclic) bond motifs is 1. The van der Waals surface area contributed by atoms with Crippen molar-refractivity contribution in [2.45, 2.75) is 6.92 Å². The molecule has 0 aliphatic carbocycles. The number of halogens is 1. The van der Waals surface area contributed by atoms with Crippen LogP contribution in [0.4, 0.5) is 0 Å². The highest BCUT2D eigenvalue weighted by Crippen LogP contribution is 2.38. The van der Waals surface area contributed by atoms with Crippen LogP contribution in [0.25, 0.3) is 6.08 Å². The lowest BCUT2D eigenvalue weighted by atomic mass is 10.1. The van der Waals surface area contributed by atoms with Crippen molar-refractivity contribution < 1.29 is 19.0 Å². The zero-order valence-corrected chi connectivity index (χ0v) is 23.0. The lowest BCUT2D eigenvalue weighted by Crippen LogP contribution is -2.35. The van der Waals surface area contributed by atoms with Crippen molar-refractivity contribution in [3.8, 4) is 17.2 Å². The number of benzene rings is 3. The summed E-state index contributed by atoms with van der Waals surface area (Å²) in [5, 5.41) is 15.7. The summed E-state index contributed by atoms with van der Waals surface area (Å²) in [6.45, 7) is 2.67. The molecule has 0 fully saturated rings. The number of nitrogens with zero attached hydrogens (tertiary/aromatic N) is 3. The van der Waals surface area contributed by atoms with E-state index in [9.17, 15) is 4.79 Å². The highest BCUT2D eigenvalue weighted by molar-refractivity contribution is 9.10. The van der Waals surface area contributed by atoms with E-state index < -0.39 is 5.91 Å². The van der Waals surface area contributed by atoms with Crippen LogP contribution < -0.4 is 14.2 Å². The first-order valence-corrected chi connectivity index (χ1v) is 13.3. The van der Waals surface area contributed by atoms with E-state index in [1.54, 1.807) is 25.3 Å². The number of nitrogens with one attached hydrogen (secondary N) is 1. The fraction of sp³-hybridized carbons (Fsp3) is 0.143. The number of methoxy groups -OCH3 is 1. The van der Waals surface area contributed by atoms with Crippen LogP contribution in [0.15, 0.2) is 86.9 Å². The zero-order chi connectivity index (χ0) is 26.6. The Hall–Kier alpha value is -3.89. The smallest absolute Gasteiger partial charge is 0.283 e. The van der Waals surface area contributed by atoms with Crippen LogP contribution in [0.2, 0.25) is 0 Å². The van der Waals surface area contributed by atoms with Gasteiger partial charge in [-0.15, -0.1) is 0 Å². The Balaban J connectivity index is 1.33. The van der Waals surface area contributed by atoms with E-state index in [4.69, 9.17) is 19.6 Å². The molecule has 192 valence electrons. The van der Waals surface area contributed by atoms with Gasteiger partial charge in [-0.1, -0.05) is 48.0 Å². The number of amides is 1. The standard InChI is InChI=1S/C28H23BrN4O4S/c1-17-8-10-19(11-9-17)27-32-33-25(30)21(26(34)31-28(33)38-27)14-18-15-22(29)24(23(16-18)35-2)37-13-12-36-20-6-4-3-5-7-20/h3-11,14-16,30H,12-13H2,1-2H3/b21-14-,30-25?. The van der Waals surface area contributed by atoms with E-state index in [0.29, 0.717) is 45.0 Å². The fourth-order valence-electron chi connectivity index (χ4n) is 3.75. The lowest BCUT2D eigenvalue weighted by molar-refractivity contribution is -0.114. The van der Waals surface area contributed by atoms with Crippen molar-refractivity contribution in [3.63, 3.8) is 0 Å². The van der Waals surface area contributed by atoms with Crippen LogP contribution in [0.3, 0.4) is 0 Å². The number of aryl methyl sites for hydroxylation is 1. The van der Waals surface area contributed by atoms with E-state index >= 15 is 0 Å². The normalized spacial score (nSPS) is 15.8. The summed E-state index contributed by atoms with van der Waals surface area (Å²) in [6.07, 6.45) is 1.60. The number of amidine groups is 2. The Kier molecular flexibility index (Phi) is 7.62. The van der Waals surface area contributed by atoms with Crippen molar-refractivity contribution in [1.82, 2.24) is 5.01 Å². The summed E-state index contributed by atoms with van der Waals surface area (Å²) in [4.78, 5) is 17.1. The minimum Gasteiger partial charge on any atom is -0.493 e. The number of thioether (sulfide) groups is 1. The number of aliphatic imine (C=N–C) groups is 1. The minimum absolute atomic E-state index is 0.0388. The molecular formula is C28H23BrN4O4S. The third-order valence-corrected chi connectivity index (χ3v) is 7.20. The van der Waals surface area contributed by atoms with Gasteiger partial charge in [0.2, 0.25) is 5.17 Å². The first kappa shape index (κ1) is 25.7. The summed E-state index contributed by atoms with van der Waals surface area (Å²) in [5.41, 5.74) is 2.81. The van der Waals surface area contributed by atoms with Gasteiger partial charge in [-0.05, 0) is 70.5 Å². The molecule has 2 aliphatic rings. The molecule has 3 aromatic rings. The molecular weight excluding hydrogens is 568 g/mol. The molecule has 0 unspecified atom stereocenters. The predicted molar refractivity (Wildman–Crippen MR) is 153 cm³/mol. The van der Waals surface area contributed by atoms with Gasteiger partial charge in [0.15, 0.2) is 17.3 Å². The predicted octanol–water partition coefficient (Wildman–Crippen LogP) is 5.89. The summed E-state index contributed by atoms with van der Waals surface area (Å²) in [5.74, 6) is 1.22. The Morgan fingerprint density at radius 1 is 1.05 bits per heavy atom. The topological polar surface area (TPSA) is 96.6 Å². The van der Waals surface area contributed by atoms with Crippen LogP contribution in [-0.4, -0.2) is 47.3 Å². The van der Waals surface area contributed by atoms with E-state index in [1.807, 2.05) is 61.5 Å². The number of ether oxygens (including phenoxy) is 3. The second-order valence-electron chi connectivity index (χ2n) is 8.34. The number of carbonyl (C=O) groups excluding carboxylic acids is 1. The molecule has 0 saturated carbocycles. The molecule has 0 spiro atoms. The van der Waals surface area contributed by atoms with Gasteiger partial charge in [0.25, 0.3) is 5.91 Å². The maximum Gasteiger partial charge on any atom is 0.283 e. The third kappa shape index (κ3) is 5.51. The fourth-order valence-corrected chi connectivity index (χ4v) is 5.23. The van der Waals surface area contributed by atoms with E-state index in [1.165, 1.54) is 16.8 Å². The molecule has 3 aromatic carbocycles. The molecule has 2 aliphatic heterocycles. The molecule has 10 heteroatoms. The quantitative estimate of drug-likeness (QED) is 0.259. The summed E-state index contributed by atoms with van der Waals surface area (Å²) >= 11 is 4.81. The van der Waals surface area contributed by atoms with Crippen molar-refractivity contribution in [2.75, 3.05) is 20.3 Å². The molecule has 0 atom stereocenters. The van der Waals surface area contributed by atoms with Gasteiger partial charge in [0, 0.05) is 5.56 Å². The Bertz CT molecular complexity index is 1490. The van der Waals surface area contributed by atoms with Gasteiger partial charge >= 0.3 is 0 Å². The van der Waals surface area contributed by atoms with Gasteiger partial charge in [-0.25, -0.2) is 0 Å². The number of hydrazone groups is 1. The average molecular weight is 591 g/mol. The number of carbonyl (C=O) groups is 1. The van der Waals surface area contributed by atoms with Crippen LogP contribution in [0.1, 0.15) is 16.7 Å². The third-order valence-electron chi connectivity index (χ3n) is 5.66. The molecule has 1 amide bonds. The average Bonchev–Trinajstić information content (AvgIpc) is 3.34. The molecule has 8 nitrogen and oxygen atoms in total. The highest BCUT2D eigenvalue weighted by atomic mass is 79.9. The second kappa shape index (κ2) is 11.2. The van der Waals surface area contributed by atoms with Crippen molar-refractivity contribution in [1.29, 1.82) is 5.41 Å². The molecule has 0 saturated heterocycles. The van der Waals surface area contributed by atoms with Crippen molar-refractivity contribution in [3.05, 3.63) is 93.5 Å². The number of hydrogen-bond donors (Lipinski definition) is 1. The maximum absolute atomic E-state index is 12.9. The molecule has 38 heavy (non-hydrogen) atoms. The SMILES string of the molecule is COc1cc(/C=C2/C(=N)N3N=C(c4ccc(C)cc4)SC3=NC2=O)cc(Br)c1OCCOc1ccccc1. The van der Waals surface area contributed by atoms with Crippen molar-refractivity contribution >= 4 is 55.7 Å². The van der Waals surface area contributed by atoms with Crippen LogP contribution in [-0.2, 0) is 4.79 Å². The van der Waals surface area contributed by atoms with Crippen molar-refractivity contribution in [2.24, 2.45) is 10.1 Å². The Morgan fingerprint density at radius 3 is 2.53 bits per heavy atom. The van der Waals surface area contributed by atoms with E-state index in [2.05, 4.69) is 26.0 Å². The second-order valence-corrected chi connectivity index (χ2v) is 10.1. The summed E-state index contributed by atoms with van der Waals surface area (Å²) < 4.78 is 17.8. The van der Waals surface area contributed by atoms with Crippen LogP contribution in [0.5, 0.6) is 17.2 Å². The van der Waals surface area contributed by atoms with Crippen LogP contribution in [0, 0.1) is 12.3 Å². The molecule has 0 aromatic heterocycles. The molecule has 1 N–H and O–H groups in total. The minimum atomic E-state index is -0.498. The zero-order valence-electron chi connectivity index (χ0n) is 20.6. The number of para-hydroxylation sites is 1. The molecule has 2 heterocycles. The van der Waals surface area contributed by atoms with Gasteiger partial charge in [-0.3, -0.25) is 10.2 Å². The molecule has 0 bridgehead atoms. The Morgan fingerprint density at radius 2 is 1.79 bits per heavy atom. The van der Waals surface area contributed by atoms with Crippen LogP contribution >= 0.6 is 27.7 Å². The number of hydrogen-bond acceptors (Lipinski definition) is 7. The van der Waals surface area contributed by atoms with E-state index in [-0.39, 0.29) is 11.4 Å². The van der Waals surface area contributed by atoms with Gasteiger partial charge in [-0.2, -0.15) is 15.1 Å². The largest absolute Gasteiger partial charge is 0.493 e. The van der Waals surface area contributed by atoms with Gasteiger partial charge < -0.3 is 14.2 Å². The van der Waals surface area contributed by atoms with E-state index in [0.717, 1.165) is 16.9 Å². The Labute approximate surface area is 232 Å². The lowest BCUT2D eigenvalue weighted by Gasteiger charge is -2.20. The molecule has 0 radical (unpaired) electrons. The van der Waals surface area contributed by atoms with Gasteiger partial charge in [0.1, 0.15) is 24.0 Å². The highest BCUT2D eigenvalue weighted by Gasteiger charge is 2.36. The maximum atomic E-state index is 12.9. The summed E-state index contributed by atoms with van der Waals surface area (Å²) in [7, 11) is 1.54. The van der Waals surface area contributed by atoms with Gasteiger partial charge in [0.05, 0.1) is 17.2 Å². The molecule has 5 rings (SSSR count). The first-order valence-electron chi connectivity index (χ1n) is 11.7. The monoisotopic (exact) mass is 590 g/mol. The summed E-state index contributed by atoms with van der Waals surface area (Å²) in [6, 6.07) is 20.9. The first-order chi connectivity index (χ1) is 18.4.